The molecule has 0 unspecified atom stereocenters. The second kappa shape index (κ2) is 21.4. The number of thiazole rings is 1. The highest BCUT2D eigenvalue weighted by Crippen LogP contribution is 2.28. The van der Waals surface area contributed by atoms with Gasteiger partial charge in [0.15, 0.2) is 0 Å². The zero-order valence-electron chi connectivity index (χ0n) is 28.2. The van der Waals surface area contributed by atoms with Crippen molar-refractivity contribution in [3.63, 3.8) is 0 Å². The highest BCUT2D eigenvalue weighted by molar-refractivity contribution is 7.16. The van der Waals surface area contributed by atoms with Crippen LogP contribution in [-0.4, -0.2) is 94.2 Å². The van der Waals surface area contributed by atoms with Gasteiger partial charge in [-0.05, 0) is 62.5 Å². The van der Waals surface area contributed by atoms with Crippen LogP contribution >= 0.6 is 11.3 Å². The normalized spacial score (nSPS) is 13.7. The molecule has 11 nitrogen and oxygen atoms in total. The van der Waals surface area contributed by atoms with E-state index in [0.29, 0.717) is 51.1 Å². The van der Waals surface area contributed by atoms with Gasteiger partial charge in [0, 0.05) is 37.7 Å². The summed E-state index contributed by atoms with van der Waals surface area (Å²) in [6, 6.07) is 7.56. The molecule has 1 heterocycles. The molecule has 0 saturated heterocycles. The number of hydrogen-bond acceptors (Lipinski definition) is 8. The number of carbonyl (C=O) groups is 3. The van der Waals surface area contributed by atoms with E-state index < -0.39 is 35.9 Å². The predicted octanol–water partition coefficient (Wildman–Crippen LogP) is 5.75. The first-order valence-electron chi connectivity index (χ1n) is 16.4. The second-order valence-corrected chi connectivity index (χ2v) is 12.7. The lowest BCUT2D eigenvalue weighted by atomic mass is 10.1. The summed E-state index contributed by atoms with van der Waals surface area (Å²) in [4.78, 5) is 47.3. The van der Waals surface area contributed by atoms with E-state index in [2.05, 4.69) is 15.6 Å². The van der Waals surface area contributed by atoms with Gasteiger partial charge in [0.25, 0.3) is 0 Å². The van der Waals surface area contributed by atoms with E-state index in [9.17, 15) is 49.8 Å². The molecule has 20 heteroatoms. The van der Waals surface area contributed by atoms with E-state index >= 15 is 0 Å². The van der Waals surface area contributed by atoms with E-state index in [1.165, 1.54) is 31.0 Å². The Labute approximate surface area is 302 Å². The lowest BCUT2D eigenvalue weighted by Gasteiger charge is -2.32. The number of nitrogens with one attached hydrogen (secondary N) is 3. The van der Waals surface area contributed by atoms with E-state index in [1.54, 1.807) is 6.07 Å². The number of H-pyrrole nitrogens is 1. The maximum Gasteiger partial charge on any atom is 0.490 e. The second-order valence-electron chi connectivity index (χ2n) is 11.8. The molecule has 0 bridgehead atoms. The van der Waals surface area contributed by atoms with E-state index in [-0.39, 0.29) is 34.6 Å². The molecule has 0 atom stereocenters. The lowest BCUT2D eigenvalue weighted by molar-refractivity contribution is -0.193. The van der Waals surface area contributed by atoms with Crippen molar-refractivity contribution in [3.05, 3.63) is 62.8 Å². The lowest BCUT2D eigenvalue weighted by Crippen LogP contribution is -2.45. The van der Waals surface area contributed by atoms with Crippen LogP contribution in [0.5, 0.6) is 5.75 Å². The van der Waals surface area contributed by atoms with Crippen LogP contribution in [0.3, 0.4) is 0 Å². The van der Waals surface area contributed by atoms with Crippen molar-refractivity contribution in [1.82, 2.24) is 20.5 Å². The third-order valence-corrected chi connectivity index (χ3v) is 8.90. The maximum absolute atomic E-state index is 13.8. The highest BCUT2D eigenvalue weighted by Gasteiger charge is 2.39. The molecule has 1 fully saturated rings. The molecular formula is C33H40F8N4O7S. The smallest absolute Gasteiger partial charge is 0.490 e. The summed E-state index contributed by atoms with van der Waals surface area (Å²) in [5.41, 5.74) is 1.55. The number of fused-ring (bicyclic) bond motifs is 1. The topological polar surface area (TPSA) is 172 Å². The number of aromatic hydroxyl groups is 1. The largest absolute Gasteiger partial charge is 0.506 e. The van der Waals surface area contributed by atoms with Crippen LogP contribution in [0, 0.1) is 11.6 Å². The first-order valence-corrected chi connectivity index (χ1v) is 17.2. The van der Waals surface area contributed by atoms with Crippen molar-refractivity contribution in [2.75, 3.05) is 32.7 Å². The van der Waals surface area contributed by atoms with Crippen LogP contribution in [-0.2, 0) is 27.2 Å². The van der Waals surface area contributed by atoms with Crippen LogP contribution in [0.25, 0.3) is 10.2 Å². The van der Waals surface area contributed by atoms with Gasteiger partial charge < -0.3 is 35.8 Å². The van der Waals surface area contributed by atoms with E-state index in [4.69, 9.17) is 19.8 Å². The number of phenols is 1. The summed E-state index contributed by atoms with van der Waals surface area (Å²) in [6.45, 7) is 2.82. The standard InChI is InChI=1S/C29H38F2N4O3S.2C2HF3O2/c30-23-8-5-9-24(31)22(23)13-16-32-17-14-26(37)35(21-6-3-1-2-4-7-21)19-18-33-15-12-20-10-11-25(36)27-28(20)39-29(38)34-27;2*3-2(4,5)1(6)7/h5,8-11,21,32-33,36H,1-4,6-7,12-19H2,(H,34,38);2*(H,6,7). The Morgan fingerprint density at radius 3 is 1.89 bits per heavy atom. The molecule has 4 rings (SSSR count). The van der Waals surface area contributed by atoms with Crippen LogP contribution < -0.4 is 15.5 Å². The number of aromatic amines is 1. The third kappa shape index (κ3) is 15.7. The van der Waals surface area contributed by atoms with Crippen molar-refractivity contribution in [2.45, 2.75) is 76.2 Å². The number of carboxylic acid groups (broad SMARTS) is 2. The minimum absolute atomic E-state index is 0.0706. The average molecular weight is 789 g/mol. The molecule has 53 heavy (non-hydrogen) atoms. The minimum Gasteiger partial charge on any atom is -0.506 e. The number of alkyl halides is 6. The van der Waals surface area contributed by atoms with Crippen molar-refractivity contribution < 1.29 is 64.8 Å². The van der Waals surface area contributed by atoms with Crippen LogP contribution in [0.15, 0.2) is 35.1 Å². The SMILES string of the molecule is O=C(CCNCCc1c(F)cccc1F)N(CCNCCc1ccc(O)c2[nH]c(=O)sc12)C1CCCCCC1.O=C(O)C(F)(F)F.O=C(O)C(F)(F)F. The summed E-state index contributed by atoms with van der Waals surface area (Å²) in [5, 5.41) is 30.8. The molecule has 0 spiro atoms. The number of benzene rings is 2. The molecule has 1 aliphatic carbocycles. The number of rotatable bonds is 13. The van der Waals surface area contributed by atoms with Crippen molar-refractivity contribution >= 4 is 39.4 Å². The Kier molecular flexibility index (Phi) is 18.1. The highest BCUT2D eigenvalue weighted by atomic mass is 32.1. The Bertz CT molecular complexity index is 1650. The number of aromatic nitrogens is 1. The fraction of sp³-hybridized carbons (Fsp3) is 0.515. The van der Waals surface area contributed by atoms with Crippen molar-refractivity contribution in [3.8, 4) is 5.75 Å². The van der Waals surface area contributed by atoms with Gasteiger partial charge in [0.05, 0.1) is 4.70 Å². The summed E-state index contributed by atoms with van der Waals surface area (Å²) in [6.07, 6.45) is -2.18. The Hall–Kier alpha value is -4.30. The summed E-state index contributed by atoms with van der Waals surface area (Å²) in [7, 11) is 0. The zero-order valence-corrected chi connectivity index (χ0v) is 29.0. The van der Waals surface area contributed by atoms with Gasteiger partial charge in [-0.2, -0.15) is 26.3 Å². The Morgan fingerprint density at radius 2 is 1.34 bits per heavy atom. The van der Waals surface area contributed by atoms with E-state index in [0.717, 1.165) is 47.3 Å². The molecule has 0 aliphatic heterocycles. The molecule has 1 aromatic heterocycles. The molecule has 6 N–H and O–H groups in total. The number of nitrogens with zero attached hydrogens (tertiary/aromatic N) is 1. The molecule has 0 radical (unpaired) electrons. The van der Waals surface area contributed by atoms with Gasteiger partial charge in [-0.25, -0.2) is 18.4 Å². The Morgan fingerprint density at radius 1 is 0.811 bits per heavy atom. The fourth-order valence-corrected chi connectivity index (χ4v) is 6.24. The molecule has 1 saturated carbocycles. The number of hydrogen-bond donors (Lipinski definition) is 6. The van der Waals surface area contributed by atoms with Crippen molar-refractivity contribution in [1.29, 1.82) is 0 Å². The minimum atomic E-state index is -5.08. The summed E-state index contributed by atoms with van der Waals surface area (Å²) in [5.74, 6) is -6.42. The number of carboxylic acids is 2. The fourth-order valence-electron chi connectivity index (χ4n) is 5.35. The third-order valence-electron chi connectivity index (χ3n) is 7.94. The van der Waals surface area contributed by atoms with Crippen LogP contribution in [0.4, 0.5) is 35.1 Å². The average Bonchev–Trinajstić information content (AvgIpc) is 3.28. The molecular weight excluding hydrogens is 748 g/mol. The van der Waals surface area contributed by atoms with Gasteiger partial charge in [-0.3, -0.25) is 9.59 Å². The number of aliphatic carboxylic acids is 2. The molecule has 2 aromatic carbocycles. The maximum atomic E-state index is 13.8. The van der Waals surface area contributed by atoms with E-state index in [1.807, 2.05) is 11.0 Å². The Balaban J connectivity index is 0.000000587. The monoisotopic (exact) mass is 788 g/mol. The van der Waals surface area contributed by atoms with Gasteiger partial charge in [-0.15, -0.1) is 0 Å². The van der Waals surface area contributed by atoms with Crippen LogP contribution in [0.1, 0.15) is 56.1 Å². The zero-order chi connectivity index (χ0) is 39.8. The van der Waals surface area contributed by atoms with Gasteiger partial charge in [0.2, 0.25) is 5.91 Å². The predicted molar refractivity (Wildman–Crippen MR) is 179 cm³/mol. The molecule has 1 aliphatic rings. The first kappa shape index (κ1) is 44.9. The molecule has 1 amide bonds. The number of phenolic OH excluding ortho intramolecular Hbond substituents is 1. The summed E-state index contributed by atoms with van der Waals surface area (Å²) >= 11 is 1.10. The van der Waals surface area contributed by atoms with Gasteiger partial charge in [0.1, 0.15) is 22.9 Å². The van der Waals surface area contributed by atoms with Crippen LogP contribution in [0.2, 0.25) is 0 Å². The number of amides is 1. The number of carbonyl (C=O) groups excluding carboxylic acids is 1. The molecule has 3 aromatic rings. The quantitative estimate of drug-likeness (QED) is 0.0718. The van der Waals surface area contributed by atoms with Crippen molar-refractivity contribution in [2.24, 2.45) is 0 Å². The van der Waals surface area contributed by atoms with Gasteiger partial charge in [-0.1, -0.05) is 49.2 Å². The molecule has 296 valence electrons. The number of halogens is 8. The summed E-state index contributed by atoms with van der Waals surface area (Å²) < 4.78 is 91.9. The first-order chi connectivity index (χ1) is 24.8. The van der Waals surface area contributed by atoms with Gasteiger partial charge >= 0.3 is 29.2 Å².